The molecular weight excluding hydrogens is 388 g/mol. The number of hydrogen-bond donors (Lipinski definition) is 1. The summed E-state index contributed by atoms with van der Waals surface area (Å²) in [5.41, 5.74) is 3.15. The summed E-state index contributed by atoms with van der Waals surface area (Å²) in [4.78, 5) is 18.7. The Morgan fingerprint density at radius 3 is 2.69 bits per heavy atom. The van der Waals surface area contributed by atoms with Gasteiger partial charge in [0.1, 0.15) is 13.2 Å². The molecule has 1 aliphatic heterocycles. The van der Waals surface area contributed by atoms with Crippen molar-refractivity contribution >= 4 is 17.7 Å². The van der Waals surface area contributed by atoms with Crippen LogP contribution in [-0.2, 0) is 11.3 Å². The summed E-state index contributed by atoms with van der Waals surface area (Å²) >= 11 is 1.32. The second-order valence-electron chi connectivity index (χ2n) is 6.85. The Balaban J connectivity index is 1.32. The van der Waals surface area contributed by atoms with E-state index in [9.17, 15) is 4.79 Å². The summed E-state index contributed by atoms with van der Waals surface area (Å²) in [5, 5.41) is 7.69. The summed E-state index contributed by atoms with van der Waals surface area (Å²) in [6.45, 7) is 3.65. The van der Waals surface area contributed by atoms with Crippen LogP contribution in [0.4, 0.5) is 0 Å². The van der Waals surface area contributed by atoms with Gasteiger partial charge in [-0.05, 0) is 24.6 Å². The molecule has 1 aromatic heterocycles. The normalized spacial score (nSPS) is 12.6. The van der Waals surface area contributed by atoms with Crippen molar-refractivity contribution in [2.24, 2.45) is 0 Å². The number of thioether (sulfide) groups is 1. The lowest BCUT2D eigenvalue weighted by molar-refractivity contribution is -0.127. The molecule has 1 aliphatic rings. The van der Waals surface area contributed by atoms with E-state index in [1.54, 1.807) is 11.9 Å². The number of aromatic amines is 1. The number of nitrogens with zero attached hydrogens (tertiary/aromatic N) is 3. The zero-order valence-electron chi connectivity index (χ0n) is 16.3. The molecule has 0 saturated carbocycles. The van der Waals surface area contributed by atoms with Gasteiger partial charge in [0.15, 0.2) is 17.3 Å². The largest absolute Gasteiger partial charge is 0.486 e. The van der Waals surface area contributed by atoms with Gasteiger partial charge in [-0.1, -0.05) is 47.7 Å². The van der Waals surface area contributed by atoms with Crippen molar-refractivity contribution in [2.75, 3.05) is 26.0 Å². The number of fused-ring (bicyclic) bond motifs is 1. The second kappa shape index (κ2) is 8.57. The van der Waals surface area contributed by atoms with Crippen LogP contribution in [0.3, 0.4) is 0 Å². The van der Waals surface area contributed by atoms with E-state index in [1.807, 2.05) is 49.4 Å². The molecule has 3 aromatic rings. The van der Waals surface area contributed by atoms with Gasteiger partial charge in [-0.25, -0.2) is 4.98 Å². The van der Waals surface area contributed by atoms with Crippen LogP contribution >= 0.6 is 11.8 Å². The van der Waals surface area contributed by atoms with Crippen molar-refractivity contribution in [1.29, 1.82) is 0 Å². The molecule has 0 saturated heterocycles. The van der Waals surface area contributed by atoms with Gasteiger partial charge in [0.05, 0.1) is 5.75 Å². The quantitative estimate of drug-likeness (QED) is 0.628. The highest BCUT2D eigenvalue weighted by atomic mass is 32.2. The minimum Gasteiger partial charge on any atom is -0.486 e. The zero-order valence-corrected chi connectivity index (χ0v) is 17.2. The number of H-pyrrole nitrogens is 1. The molecule has 0 bridgehead atoms. The Morgan fingerprint density at radius 1 is 1.14 bits per heavy atom. The van der Waals surface area contributed by atoms with E-state index in [-0.39, 0.29) is 11.7 Å². The molecule has 2 aromatic carbocycles. The Bertz CT molecular complexity index is 1000. The lowest BCUT2D eigenvalue weighted by Gasteiger charge is -2.21. The number of amides is 1. The molecule has 0 atom stereocenters. The van der Waals surface area contributed by atoms with Crippen LogP contribution in [-0.4, -0.2) is 52.0 Å². The third-order valence-electron chi connectivity index (χ3n) is 4.57. The van der Waals surface area contributed by atoms with E-state index >= 15 is 0 Å². The number of benzene rings is 2. The summed E-state index contributed by atoms with van der Waals surface area (Å²) in [6, 6.07) is 13.8. The van der Waals surface area contributed by atoms with E-state index in [0.29, 0.717) is 30.7 Å². The minimum atomic E-state index is 0.00609. The van der Waals surface area contributed by atoms with Crippen LogP contribution in [0, 0.1) is 6.92 Å². The molecular formula is C21H22N4O3S. The molecule has 0 aliphatic carbocycles. The number of nitrogens with one attached hydrogen (secondary N) is 1. The minimum absolute atomic E-state index is 0.00609. The van der Waals surface area contributed by atoms with Gasteiger partial charge in [0.2, 0.25) is 11.1 Å². The highest BCUT2D eigenvalue weighted by Gasteiger charge is 2.15. The maximum Gasteiger partial charge on any atom is 0.233 e. The Hall–Kier alpha value is -3.00. The number of carbonyl (C=O) groups excluding carboxylic acids is 1. The molecule has 4 rings (SSSR count). The topological polar surface area (TPSA) is 80.3 Å². The lowest BCUT2D eigenvalue weighted by Crippen LogP contribution is -2.28. The van der Waals surface area contributed by atoms with Crippen LogP contribution < -0.4 is 9.47 Å². The highest BCUT2D eigenvalue weighted by molar-refractivity contribution is 7.99. The maximum absolute atomic E-state index is 12.5. The number of ether oxygens (including phenoxy) is 2. The van der Waals surface area contributed by atoms with Crippen molar-refractivity contribution in [3.63, 3.8) is 0 Å². The van der Waals surface area contributed by atoms with Crippen LogP contribution in [0.2, 0.25) is 0 Å². The number of aryl methyl sites for hydroxylation is 1. The predicted molar refractivity (Wildman–Crippen MR) is 111 cm³/mol. The van der Waals surface area contributed by atoms with Gasteiger partial charge in [0.25, 0.3) is 0 Å². The number of carbonyl (C=O) groups is 1. The average molecular weight is 410 g/mol. The SMILES string of the molecule is Cc1ccc(-c2nc(SCC(=O)N(C)Cc3ccc4c(c3)OCCO4)n[nH]2)cc1. The zero-order chi connectivity index (χ0) is 20.2. The van der Waals surface area contributed by atoms with Crippen molar-refractivity contribution in [1.82, 2.24) is 20.1 Å². The smallest absolute Gasteiger partial charge is 0.233 e. The third-order valence-corrected chi connectivity index (χ3v) is 5.40. The monoisotopic (exact) mass is 410 g/mol. The second-order valence-corrected chi connectivity index (χ2v) is 7.79. The van der Waals surface area contributed by atoms with Crippen LogP contribution in [0.15, 0.2) is 47.6 Å². The van der Waals surface area contributed by atoms with Gasteiger partial charge in [-0.15, -0.1) is 5.10 Å². The fourth-order valence-electron chi connectivity index (χ4n) is 2.94. The molecule has 7 nitrogen and oxygen atoms in total. The molecule has 0 spiro atoms. The van der Waals surface area contributed by atoms with E-state index in [4.69, 9.17) is 9.47 Å². The first-order valence-electron chi connectivity index (χ1n) is 9.33. The number of hydrogen-bond acceptors (Lipinski definition) is 6. The predicted octanol–water partition coefficient (Wildman–Crippen LogP) is 3.30. The molecule has 0 fully saturated rings. The first-order valence-corrected chi connectivity index (χ1v) is 10.3. The molecule has 1 N–H and O–H groups in total. The number of rotatable bonds is 6. The van der Waals surface area contributed by atoms with Gasteiger partial charge in [0, 0.05) is 19.2 Å². The van der Waals surface area contributed by atoms with Gasteiger partial charge in [-0.2, -0.15) is 0 Å². The third kappa shape index (κ3) is 4.71. The van der Waals surface area contributed by atoms with Crippen molar-refractivity contribution in [3.8, 4) is 22.9 Å². The van der Waals surface area contributed by atoms with Gasteiger partial charge >= 0.3 is 0 Å². The van der Waals surface area contributed by atoms with E-state index in [0.717, 1.165) is 22.6 Å². The van der Waals surface area contributed by atoms with Crippen molar-refractivity contribution in [2.45, 2.75) is 18.6 Å². The Morgan fingerprint density at radius 2 is 1.90 bits per heavy atom. The maximum atomic E-state index is 12.5. The summed E-state index contributed by atoms with van der Waals surface area (Å²) in [7, 11) is 1.79. The fourth-order valence-corrected chi connectivity index (χ4v) is 3.68. The summed E-state index contributed by atoms with van der Waals surface area (Å²) in [5.74, 6) is 2.45. The molecule has 150 valence electrons. The summed E-state index contributed by atoms with van der Waals surface area (Å²) < 4.78 is 11.1. The molecule has 2 heterocycles. The van der Waals surface area contributed by atoms with Crippen LogP contribution in [0.5, 0.6) is 11.5 Å². The van der Waals surface area contributed by atoms with Gasteiger partial charge < -0.3 is 14.4 Å². The Kier molecular flexibility index (Phi) is 5.71. The van der Waals surface area contributed by atoms with Crippen molar-refractivity contribution < 1.29 is 14.3 Å². The van der Waals surface area contributed by atoms with E-state index in [2.05, 4.69) is 15.2 Å². The first kappa shape index (κ1) is 19.3. The fraction of sp³-hybridized carbons (Fsp3) is 0.286. The standard InChI is InChI=1S/C21H22N4O3S/c1-14-3-6-16(7-4-14)20-22-21(24-23-20)29-13-19(26)25(2)12-15-5-8-17-18(11-15)28-10-9-27-17/h3-8,11H,9-10,12-13H2,1-2H3,(H,22,23,24). The molecule has 29 heavy (non-hydrogen) atoms. The molecule has 8 heteroatoms. The number of aromatic nitrogens is 3. The molecule has 0 unspecified atom stereocenters. The van der Waals surface area contributed by atoms with Gasteiger partial charge in [-0.3, -0.25) is 9.89 Å². The average Bonchev–Trinajstić information content (AvgIpc) is 3.21. The lowest BCUT2D eigenvalue weighted by atomic mass is 10.1. The van der Waals surface area contributed by atoms with E-state index in [1.165, 1.54) is 17.3 Å². The van der Waals surface area contributed by atoms with Crippen LogP contribution in [0.25, 0.3) is 11.4 Å². The highest BCUT2D eigenvalue weighted by Crippen LogP contribution is 2.31. The molecule has 1 amide bonds. The Labute approximate surface area is 173 Å². The van der Waals surface area contributed by atoms with Crippen molar-refractivity contribution in [3.05, 3.63) is 53.6 Å². The van der Waals surface area contributed by atoms with E-state index < -0.39 is 0 Å². The first-order chi connectivity index (χ1) is 14.1. The van der Waals surface area contributed by atoms with Crippen LogP contribution in [0.1, 0.15) is 11.1 Å². The summed E-state index contributed by atoms with van der Waals surface area (Å²) in [6.07, 6.45) is 0. The molecule has 0 radical (unpaired) electrons.